The molecule has 0 bridgehead atoms. The summed E-state index contributed by atoms with van der Waals surface area (Å²) in [4.78, 5) is 4.17. The summed E-state index contributed by atoms with van der Waals surface area (Å²) < 4.78 is 30.9. The third kappa shape index (κ3) is 1.80. The maximum Gasteiger partial charge on any atom is 0.232 e. The van der Waals surface area contributed by atoms with Crippen molar-refractivity contribution in [1.29, 1.82) is 0 Å². The first-order chi connectivity index (χ1) is 8.24. The highest BCUT2D eigenvalue weighted by molar-refractivity contribution is 5.54. The number of hydrogen-bond acceptors (Lipinski definition) is 4. The van der Waals surface area contributed by atoms with Crippen molar-refractivity contribution in [2.24, 2.45) is 0 Å². The van der Waals surface area contributed by atoms with Gasteiger partial charge in [0, 0.05) is 18.7 Å². The zero-order chi connectivity index (χ0) is 11.8. The number of nitrogens with zero attached hydrogens (tertiary/aromatic N) is 2. The van der Waals surface area contributed by atoms with Crippen LogP contribution in [0.3, 0.4) is 0 Å². The van der Waals surface area contributed by atoms with Crippen LogP contribution in [0.4, 0.5) is 8.78 Å². The average Bonchev–Trinajstić information content (AvgIpc) is 2.69. The summed E-state index contributed by atoms with van der Waals surface area (Å²) in [5.41, 5.74) is 0.409. The van der Waals surface area contributed by atoms with Gasteiger partial charge >= 0.3 is 0 Å². The van der Waals surface area contributed by atoms with Crippen molar-refractivity contribution >= 4 is 0 Å². The zero-order valence-electron chi connectivity index (χ0n) is 8.78. The minimum Gasteiger partial charge on any atom is -0.339 e. The monoisotopic (exact) mass is 237 g/mol. The van der Waals surface area contributed by atoms with Crippen LogP contribution < -0.4 is 5.32 Å². The third-order valence-electron chi connectivity index (χ3n) is 2.75. The van der Waals surface area contributed by atoms with E-state index in [9.17, 15) is 8.78 Å². The molecule has 0 atom stereocenters. The molecule has 1 fully saturated rings. The molecule has 6 heteroatoms. The van der Waals surface area contributed by atoms with Crippen LogP contribution in [0.1, 0.15) is 11.8 Å². The molecular formula is C11H9F2N3O. The van der Waals surface area contributed by atoms with Gasteiger partial charge in [0.15, 0.2) is 11.6 Å². The van der Waals surface area contributed by atoms with E-state index in [0.29, 0.717) is 11.5 Å². The summed E-state index contributed by atoms with van der Waals surface area (Å²) in [6.45, 7) is 1.61. The molecular weight excluding hydrogens is 228 g/mol. The molecule has 0 saturated carbocycles. The van der Waals surface area contributed by atoms with Crippen LogP contribution in [0.2, 0.25) is 0 Å². The van der Waals surface area contributed by atoms with Gasteiger partial charge in [0.25, 0.3) is 0 Å². The first kappa shape index (κ1) is 10.3. The molecule has 4 nitrogen and oxygen atoms in total. The Morgan fingerprint density at radius 1 is 1.24 bits per heavy atom. The van der Waals surface area contributed by atoms with Gasteiger partial charge < -0.3 is 9.84 Å². The van der Waals surface area contributed by atoms with Gasteiger partial charge in [-0.2, -0.15) is 4.98 Å². The minimum absolute atomic E-state index is 0.224. The minimum atomic E-state index is -0.917. The van der Waals surface area contributed by atoms with Gasteiger partial charge in [-0.15, -0.1) is 0 Å². The fourth-order valence-corrected chi connectivity index (χ4v) is 1.62. The van der Waals surface area contributed by atoms with Gasteiger partial charge in [0.2, 0.25) is 11.7 Å². The number of aromatic nitrogens is 2. The van der Waals surface area contributed by atoms with Gasteiger partial charge in [0.05, 0.1) is 5.92 Å². The van der Waals surface area contributed by atoms with Crippen LogP contribution in [0.5, 0.6) is 0 Å². The van der Waals surface area contributed by atoms with E-state index < -0.39 is 11.6 Å². The molecule has 2 heterocycles. The molecule has 1 aliphatic heterocycles. The maximum absolute atomic E-state index is 13.0. The number of hydrogen-bond donors (Lipinski definition) is 1. The number of nitrogens with one attached hydrogen (secondary N) is 1. The fourth-order valence-electron chi connectivity index (χ4n) is 1.62. The standard InChI is InChI=1S/C11H9F2N3O/c12-8-2-1-6(3-9(8)13)10-15-11(17-16-10)7-4-14-5-7/h1-3,7,14H,4-5H2. The van der Waals surface area contributed by atoms with E-state index in [4.69, 9.17) is 4.52 Å². The van der Waals surface area contributed by atoms with E-state index in [1.807, 2.05) is 0 Å². The summed E-state index contributed by atoms with van der Waals surface area (Å²) in [5.74, 6) is -0.768. The van der Waals surface area contributed by atoms with E-state index in [1.165, 1.54) is 6.07 Å². The Bertz CT molecular complexity index is 551. The van der Waals surface area contributed by atoms with Crippen LogP contribution in [0.15, 0.2) is 22.7 Å². The SMILES string of the molecule is Fc1ccc(-c2noc(C3CNC3)n2)cc1F. The molecule has 17 heavy (non-hydrogen) atoms. The first-order valence-electron chi connectivity index (χ1n) is 5.24. The van der Waals surface area contributed by atoms with Crippen LogP contribution >= 0.6 is 0 Å². The molecule has 88 valence electrons. The fraction of sp³-hybridized carbons (Fsp3) is 0.273. The van der Waals surface area contributed by atoms with E-state index in [0.717, 1.165) is 25.2 Å². The van der Waals surface area contributed by atoms with Crippen LogP contribution in [-0.2, 0) is 0 Å². The third-order valence-corrected chi connectivity index (χ3v) is 2.75. The lowest BCUT2D eigenvalue weighted by Crippen LogP contribution is -2.40. The molecule has 3 rings (SSSR count). The largest absolute Gasteiger partial charge is 0.339 e. The zero-order valence-corrected chi connectivity index (χ0v) is 8.78. The number of benzene rings is 1. The molecule has 0 radical (unpaired) electrons. The molecule has 0 spiro atoms. The van der Waals surface area contributed by atoms with Crippen LogP contribution in [0, 0.1) is 11.6 Å². The topological polar surface area (TPSA) is 51.0 Å². The van der Waals surface area contributed by atoms with Crippen molar-refractivity contribution in [2.45, 2.75) is 5.92 Å². The van der Waals surface area contributed by atoms with Crippen molar-refractivity contribution in [3.8, 4) is 11.4 Å². The van der Waals surface area contributed by atoms with Crippen molar-refractivity contribution in [3.05, 3.63) is 35.7 Å². The molecule has 0 unspecified atom stereocenters. The van der Waals surface area contributed by atoms with Gasteiger partial charge in [-0.1, -0.05) is 5.16 Å². The number of rotatable bonds is 2. The average molecular weight is 237 g/mol. The Morgan fingerprint density at radius 3 is 2.71 bits per heavy atom. The predicted octanol–water partition coefficient (Wildman–Crippen LogP) is 1.70. The van der Waals surface area contributed by atoms with Crippen molar-refractivity contribution in [1.82, 2.24) is 15.5 Å². The Hall–Kier alpha value is -1.82. The van der Waals surface area contributed by atoms with Gasteiger partial charge in [-0.25, -0.2) is 8.78 Å². The van der Waals surface area contributed by atoms with Crippen molar-refractivity contribution < 1.29 is 13.3 Å². The van der Waals surface area contributed by atoms with Crippen LogP contribution in [-0.4, -0.2) is 23.2 Å². The Labute approximate surface area is 95.6 Å². The van der Waals surface area contributed by atoms with Gasteiger partial charge in [-0.3, -0.25) is 0 Å². The molecule has 0 aliphatic carbocycles. The molecule has 1 aromatic heterocycles. The quantitative estimate of drug-likeness (QED) is 0.863. The smallest absolute Gasteiger partial charge is 0.232 e. The summed E-state index contributed by atoms with van der Waals surface area (Å²) in [7, 11) is 0. The summed E-state index contributed by atoms with van der Waals surface area (Å²) in [6.07, 6.45) is 0. The number of halogens is 2. The molecule has 0 amide bonds. The molecule has 2 aromatic rings. The highest BCUT2D eigenvalue weighted by atomic mass is 19.2. The van der Waals surface area contributed by atoms with Crippen molar-refractivity contribution in [3.63, 3.8) is 0 Å². The van der Waals surface area contributed by atoms with Crippen LogP contribution in [0.25, 0.3) is 11.4 Å². The molecule has 1 aliphatic rings. The first-order valence-corrected chi connectivity index (χ1v) is 5.24. The Morgan fingerprint density at radius 2 is 2.06 bits per heavy atom. The van der Waals surface area contributed by atoms with E-state index in [2.05, 4.69) is 15.5 Å². The summed E-state index contributed by atoms with van der Waals surface area (Å²) in [6, 6.07) is 3.53. The second-order valence-electron chi connectivity index (χ2n) is 3.94. The normalized spacial score (nSPS) is 15.9. The van der Waals surface area contributed by atoms with E-state index in [-0.39, 0.29) is 11.7 Å². The summed E-state index contributed by atoms with van der Waals surface area (Å²) >= 11 is 0. The van der Waals surface area contributed by atoms with Gasteiger partial charge in [0.1, 0.15) is 0 Å². The maximum atomic E-state index is 13.0. The lowest BCUT2D eigenvalue weighted by Gasteiger charge is -2.22. The second kappa shape index (κ2) is 3.89. The molecule has 1 saturated heterocycles. The van der Waals surface area contributed by atoms with E-state index >= 15 is 0 Å². The molecule has 1 aromatic carbocycles. The van der Waals surface area contributed by atoms with Gasteiger partial charge in [-0.05, 0) is 18.2 Å². The van der Waals surface area contributed by atoms with E-state index in [1.54, 1.807) is 0 Å². The molecule has 1 N–H and O–H groups in total. The lowest BCUT2D eigenvalue weighted by atomic mass is 10.0. The second-order valence-corrected chi connectivity index (χ2v) is 3.94. The predicted molar refractivity (Wildman–Crippen MR) is 55.3 cm³/mol. The van der Waals surface area contributed by atoms with Crippen molar-refractivity contribution in [2.75, 3.05) is 13.1 Å². The Balaban J connectivity index is 1.92. The Kier molecular flexibility index (Phi) is 2.36. The highest BCUT2D eigenvalue weighted by Gasteiger charge is 2.25. The lowest BCUT2D eigenvalue weighted by molar-refractivity contribution is 0.308. The summed E-state index contributed by atoms with van der Waals surface area (Å²) in [5, 5.41) is 6.85. The highest BCUT2D eigenvalue weighted by Crippen LogP contribution is 2.23.